The first-order valence-electron chi connectivity index (χ1n) is 7.26. The molecule has 2 N–H and O–H groups in total. The zero-order valence-electron chi connectivity index (χ0n) is 12.6. The molecule has 2 unspecified atom stereocenters. The Hall–Kier alpha value is -0.900. The summed E-state index contributed by atoms with van der Waals surface area (Å²) in [5.74, 6) is 0. The van der Waals surface area contributed by atoms with Gasteiger partial charge in [-0.15, -0.1) is 4.91 Å². The van der Waals surface area contributed by atoms with Gasteiger partial charge in [0.05, 0.1) is 0 Å². The zero-order chi connectivity index (χ0) is 14.5. The first-order chi connectivity index (χ1) is 8.89. The number of allylic oxidation sites excluding steroid dienone is 1. The highest BCUT2D eigenvalue weighted by atomic mass is 16.7. The van der Waals surface area contributed by atoms with Crippen molar-refractivity contribution in [2.24, 2.45) is 21.9 Å². The molecule has 19 heavy (non-hydrogen) atoms. The normalized spacial score (nSPS) is 27.3. The third-order valence-electron chi connectivity index (χ3n) is 4.47. The highest BCUT2D eigenvalue weighted by Gasteiger charge is 2.45. The Bertz CT molecular complexity index is 328. The highest BCUT2D eigenvalue weighted by molar-refractivity contribution is 5.20. The molecule has 0 heterocycles. The Kier molecular flexibility index (Phi) is 5.53. The minimum absolute atomic E-state index is 0.0799. The second-order valence-corrected chi connectivity index (χ2v) is 6.69. The monoisotopic (exact) mass is 268 g/mol. The Morgan fingerprint density at radius 3 is 2.58 bits per heavy atom. The van der Waals surface area contributed by atoms with Crippen LogP contribution in [0.15, 0.2) is 17.5 Å². The molecule has 1 saturated carbocycles. The fourth-order valence-electron chi connectivity index (χ4n) is 3.63. The predicted molar refractivity (Wildman–Crippen MR) is 78.5 cm³/mol. The number of nitrogens with two attached hydrogens (primary N) is 1. The van der Waals surface area contributed by atoms with Gasteiger partial charge in [0.15, 0.2) is 5.34 Å². The topological polar surface area (TPSA) is 64.7 Å². The maximum atomic E-state index is 10.2. The number of nitrogens with zero attached hydrogens (tertiary/aromatic N) is 1. The lowest BCUT2D eigenvalue weighted by atomic mass is 9.73. The fourth-order valence-corrected chi connectivity index (χ4v) is 3.63. The van der Waals surface area contributed by atoms with E-state index in [0.29, 0.717) is 12.0 Å². The molecule has 110 valence electrons. The van der Waals surface area contributed by atoms with Gasteiger partial charge in [-0.1, -0.05) is 32.9 Å². The van der Waals surface area contributed by atoms with Gasteiger partial charge in [0.25, 0.3) is 0 Å². The molecular formula is C15H28N2O2. The summed E-state index contributed by atoms with van der Waals surface area (Å²) < 4.78 is 0. The van der Waals surface area contributed by atoms with E-state index in [1.165, 1.54) is 5.57 Å². The van der Waals surface area contributed by atoms with Crippen LogP contribution in [0.3, 0.4) is 0 Å². The summed E-state index contributed by atoms with van der Waals surface area (Å²) in [7, 11) is 0. The van der Waals surface area contributed by atoms with Crippen LogP contribution in [0.25, 0.3) is 0 Å². The molecule has 0 aromatic heterocycles. The van der Waals surface area contributed by atoms with Crippen LogP contribution < -0.4 is 5.73 Å². The number of hydrogen-bond acceptors (Lipinski definition) is 4. The lowest BCUT2D eigenvalue weighted by Gasteiger charge is -2.32. The smallest absolute Gasteiger partial charge is 0.155 e. The van der Waals surface area contributed by atoms with Crippen LogP contribution in [-0.2, 0) is 4.84 Å². The third-order valence-corrected chi connectivity index (χ3v) is 4.47. The van der Waals surface area contributed by atoms with Crippen LogP contribution in [0.4, 0.5) is 0 Å². The molecular weight excluding hydrogens is 240 g/mol. The van der Waals surface area contributed by atoms with Crippen LogP contribution in [0.5, 0.6) is 0 Å². The average Bonchev–Trinajstić information content (AvgIpc) is 2.55. The molecule has 0 radical (unpaired) electrons. The fraction of sp³-hybridized carbons (Fsp3) is 0.867. The molecule has 0 amide bonds. The van der Waals surface area contributed by atoms with Crippen molar-refractivity contribution in [3.05, 3.63) is 17.1 Å². The molecule has 2 atom stereocenters. The third kappa shape index (κ3) is 4.03. The van der Waals surface area contributed by atoms with Crippen molar-refractivity contribution in [1.82, 2.24) is 0 Å². The molecule has 1 fully saturated rings. The molecule has 4 nitrogen and oxygen atoms in total. The molecule has 1 rings (SSSR count). The molecule has 0 spiro atoms. The van der Waals surface area contributed by atoms with Crippen molar-refractivity contribution in [3.8, 4) is 0 Å². The van der Waals surface area contributed by atoms with Crippen LogP contribution in [0.2, 0.25) is 0 Å². The van der Waals surface area contributed by atoms with E-state index in [-0.39, 0.29) is 11.5 Å². The second-order valence-electron chi connectivity index (χ2n) is 6.69. The first kappa shape index (κ1) is 16.2. The molecule has 0 aromatic carbocycles. The van der Waals surface area contributed by atoms with E-state index < -0.39 is 0 Å². The summed E-state index contributed by atoms with van der Waals surface area (Å²) in [5.41, 5.74) is 7.54. The molecule has 0 saturated heterocycles. The first-order valence-corrected chi connectivity index (χ1v) is 7.26. The van der Waals surface area contributed by atoms with E-state index in [1.807, 2.05) is 6.92 Å². The molecule has 4 heteroatoms. The van der Waals surface area contributed by atoms with Gasteiger partial charge < -0.3 is 10.6 Å². The van der Waals surface area contributed by atoms with Crippen molar-refractivity contribution >= 4 is 0 Å². The Labute approximate surface area is 116 Å². The zero-order valence-corrected chi connectivity index (χ0v) is 12.6. The Morgan fingerprint density at radius 1 is 1.47 bits per heavy atom. The highest BCUT2D eigenvalue weighted by Crippen LogP contribution is 2.56. The van der Waals surface area contributed by atoms with Gasteiger partial charge in [0, 0.05) is 0 Å². The van der Waals surface area contributed by atoms with Crippen LogP contribution in [0, 0.1) is 15.7 Å². The van der Waals surface area contributed by atoms with Crippen molar-refractivity contribution < 1.29 is 4.84 Å². The van der Waals surface area contributed by atoms with Crippen molar-refractivity contribution in [2.45, 2.75) is 65.4 Å². The van der Waals surface area contributed by atoms with Gasteiger partial charge in [-0.2, -0.15) is 0 Å². The molecule has 1 aliphatic carbocycles. The minimum atomic E-state index is -0.0799. The largest absolute Gasteiger partial charge is 0.361 e. The minimum Gasteiger partial charge on any atom is -0.361 e. The van der Waals surface area contributed by atoms with Gasteiger partial charge in [-0.05, 0) is 55.9 Å². The van der Waals surface area contributed by atoms with Crippen molar-refractivity contribution in [3.63, 3.8) is 0 Å². The van der Waals surface area contributed by atoms with E-state index in [4.69, 9.17) is 10.6 Å². The average molecular weight is 268 g/mol. The van der Waals surface area contributed by atoms with Crippen molar-refractivity contribution in [1.29, 1.82) is 0 Å². The molecule has 1 aliphatic rings. The van der Waals surface area contributed by atoms with Crippen LogP contribution in [-0.4, -0.2) is 12.6 Å². The summed E-state index contributed by atoms with van der Waals surface area (Å²) in [6, 6.07) is 0. The quantitative estimate of drug-likeness (QED) is 0.412. The van der Waals surface area contributed by atoms with E-state index in [9.17, 15) is 4.91 Å². The van der Waals surface area contributed by atoms with E-state index >= 15 is 0 Å². The maximum absolute atomic E-state index is 10.2. The van der Waals surface area contributed by atoms with Gasteiger partial charge >= 0.3 is 0 Å². The second kappa shape index (κ2) is 6.51. The van der Waals surface area contributed by atoms with Gasteiger partial charge in [0.2, 0.25) is 0 Å². The van der Waals surface area contributed by atoms with E-state index in [2.05, 4.69) is 25.8 Å². The molecule has 0 aromatic rings. The lowest BCUT2D eigenvalue weighted by molar-refractivity contribution is 0.0366. The molecule has 0 bridgehead atoms. The number of hydrogen-bond donors (Lipinski definition) is 1. The maximum Gasteiger partial charge on any atom is 0.155 e. The lowest BCUT2D eigenvalue weighted by Crippen LogP contribution is -2.26. The van der Waals surface area contributed by atoms with Crippen molar-refractivity contribution in [2.75, 3.05) is 6.54 Å². The van der Waals surface area contributed by atoms with Crippen LogP contribution in [0.1, 0.15) is 59.3 Å². The number of rotatable bonds is 8. The van der Waals surface area contributed by atoms with Gasteiger partial charge in [-0.25, -0.2) is 0 Å². The van der Waals surface area contributed by atoms with E-state index in [1.54, 1.807) is 0 Å². The van der Waals surface area contributed by atoms with Crippen LogP contribution >= 0.6 is 0 Å². The SMILES string of the molecule is C=C1CC(C)(C)CC1(CCN)CCC(CC)ON=O. The summed E-state index contributed by atoms with van der Waals surface area (Å²) in [6.45, 7) is 11.6. The summed E-state index contributed by atoms with van der Waals surface area (Å²) in [4.78, 5) is 15.1. The van der Waals surface area contributed by atoms with E-state index in [0.717, 1.165) is 38.5 Å². The summed E-state index contributed by atoms with van der Waals surface area (Å²) in [6.07, 6.45) is 5.72. The standard InChI is InChI=1S/C15H28N2O2/c1-5-13(19-17-18)6-7-15(8-9-16)11-14(3,4)10-12(15)2/h13H,2,5-11,16H2,1,3-4H3. The Morgan fingerprint density at radius 2 is 2.16 bits per heavy atom. The Balaban J connectivity index is 2.72. The predicted octanol–water partition coefficient (Wildman–Crippen LogP) is 3.95. The summed E-state index contributed by atoms with van der Waals surface area (Å²) in [5, 5.41) is 2.57. The van der Waals surface area contributed by atoms with Gasteiger partial charge in [0.1, 0.15) is 6.10 Å². The van der Waals surface area contributed by atoms with Gasteiger partial charge in [-0.3, -0.25) is 0 Å². The summed E-state index contributed by atoms with van der Waals surface area (Å²) >= 11 is 0. The molecule has 0 aliphatic heterocycles.